The van der Waals surface area contributed by atoms with Crippen molar-refractivity contribution in [2.24, 2.45) is 5.92 Å². The Labute approximate surface area is 120 Å². The minimum Gasteiger partial charge on any atom is -0.480 e. The van der Waals surface area contributed by atoms with Gasteiger partial charge in [0.1, 0.15) is 6.04 Å². The number of anilines is 1. The Morgan fingerprint density at radius 2 is 2.00 bits per heavy atom. The topological polar surface area (TPSA) is 125 Å². The minimum absolute atomic E-state index is 0.134. The van der Waals surface area contributed by atoms with Crippen molar-refractivity contribution in [3.8, 4) is 0 Å². The summed E-state index contributed by atoms with van der Waals surface area (Å²) in [6.07, 6.45) is 1.07. The van der Waals surface area contributed by atoms with Crippen molar-refractivity contribution >= 4 is 38.4 Å². The number of carboxylic acids is 1. The summed E-state index contributed by atoms with van der Waals surface area (Å²) < 4.78 is 26.0. The lowest BCUT2D eigenvalue weighted by Gasteiger charge is -2.16. The largest absolute Gasteiger partial charge is 0.480 e. The van der Waals surface area contributed by atoms with Crippen LogP contribution in [0.1, 0.15) is 20.8 Å². The lowest BCUT2D eigenvalue weighted by atomic mass is 10.1. The number of aliphatic carboxylic acids is 1. The number of nitrogens with one attached hydrogen (secondary N) is 2. The summed E-state index contributed by atoms with van der Waals surface area (Å²) in [6.45, 7) is 4.46. The number of carbonyl (C=O) groups excluding carboxylic acids is 1. The van der Waals surface area contributed by atoms with Gasteiger partial charge in [0.05, 0.1) is 6.20 Å². The van der Waals surface area contributed by atoms with E-state index in [1.807, 2.05) is 0 Å². The lowest BCUT2D eigenvalue weighted by molar-refractivity contribution is -0.140. The third kappa shape index (κ3) is 4.25. The SMILES string of the molecule is CC(=O)Nc1ncc(S(=O)(=O)N[C@@H](C(=O)O)C(C)C)s1. The predicted octanol–water partition coefficient (Wildman–Crippen LogP) is 0.489. The van der Waals surface area contributed by atoms with E-state index in [1.54, 1.807) is 13.8 Å². The number of sulfonamides is 1. The molecule has 112 valence electrons. The maximum Gasteiger partial charge on any atom is 0.322 e. The van der Waals surface area contributed by atoms with E-state index in [4.69, 9.17) is 5.11 Å². The normalized spacial score (nSPS) is 13.2. The zero-order chi connectivity index (χ0) is 15.5. The van der Waals surface area contributed by atoms with E-state index in [1.165, 1.54) is 6.92 Å². The average Bonchev–Trinajstić information content (AvgIpc) is 2.73. The molecule has 1 aromatic rings. The third-order valence-electron chi connectivity index (χ3n) is 2.25. The molecule has 0 saturated heterocycles. The molecule has 0 saturated carbocycles. The Bertz CT molecular complexity index is 608. The van der Waals surface area contributed by atoms with Gasteiger partial charge in [-0.2, -0.15) is 4.72 Å². The van der Waals surface area contributed by atoms with Gasteiger partial charge in [-0.3, -0.25) is 9.59 Å². The molecule has 0 aliphatic rings. The second-order valence-electron chi connectivity index (χ2n) is 4.35. The van der Waals surface area contributed by atoms with Gasteiger partial charge in [-0.15, -0.1) is 0 Å². The first kappa shape index (κ1) is 16.5. The van der Waals surface area contributed by atoms with E-state index < -0.39 is 28.0 Å². The summed E-state index contributed by atoms with van der Waals surface area (Å²) in [4.78, 5) is 25.6. The molecule has 0 aliphatic heterocycles. The molecule has 10 heteroatoms. The molecule has 0 radical (unpaired) electrons. The average molecular weight is 321 g/mol. The van der Waals surface area contributed by atoms with E-state index in [0.29, 0.717) is 0 Å². The number of carbonyl (C=O) groups is 2. The lowest BCUT2D eigenvalue weighted by Crippen LogP contribution is -2.43. The summed E-state index contributed by atoms with van der Waals surface area (Å²) in [5.74, 6) is -2.04. The van der Waals surface area contributed by atoms with Crippen molar-refractivity contribution < 1.29 is 23.1 Å². The first-order valence-electron chi connectivity index (χ1n) is 5.62. The number of aromatic nitrogens is 1. The maximum atomic E-state index is 12.0. The Morgan fingerprint density at radius 1 is 1.40 bits per heavy atom. The molecule has 20 heavy (non-hydrogen) atoms. The van der Waals surface area contributed by atoms with Crippen LogP contribution in [0.25, 0.3) is 0 Å². The van der Waals surface area contributed by atoms with Crippen LogP contribution in [-0.2, 0) is 19.6 Å². The van der Waals surface area contributed by atoms with E-state index in [-0.39, 0.29) is 15.2 Å². The van der Waals surface area contributed by atoms with Crippen molar-refractivity contribution in [2.45, 2.75) is 31.0 Å². The molecule has 0 aromatic carbocycles. The Balaban J connectivity index is 2.96. The van der Waals surface area contributed by atoms with E-state index in [9.17, 15) is 18.0 Å². The van der Waals surface area contributed by atoms with Crippen molar-refractivity contribution in [3.05, 3.63) is 6.20 Å². The van der Waals surface area contributed by atoms with Gasteiger partial charge in [0.15, 0.2) is 9.34 Å². The van der Waals surface area contributed by atoms with E-state index in [2.05, 4.69) is 15.0 Å². The molecule has 0 spiro atoms. The fourth-order valence-corrected chi connectivity index (χ4v) is 3.72. The molecule has 0 bridgehead atoms. The van der Waals surface area contributed by atoms with Crippen molar-refractivity contribution in [1.82, 2.24) is 9.71 Å². The molecule has 0 aliphatic carbocycles. The van der Waals surface area contributed by atoms with Crippen LogP contribution >= 0.6 is 11.3 Å². The molecule has 0 unspecified atom stereocenters. The van der Waals surface area contributed by atoms with Crippen LogP contribution in [0, 0.1) is 5.92 Å². The molecule has 1 aromatic heterocycles. The van der Waals surface area contributed by atoms with Crippen molar-refractivity contribution in [1.29, 1.82) is 0 Å². The second-order valence-corrected chi connectivity index (χ2v) is 7.32. The molecule has 0 fully saturated rings. The van der Waals surface area contributed by atoms with Crippen LogP contribution in [0.4, 0.5) is 5.13 Å². The Morgan fingerprint density at radius 3 is 2.45 bits per heavy atom. The molecule has 1 heterocycles. The molecular formula is C10H15N3O5S2. The van der Waals surface area contributed by atoms with Crippen molar-refractivity contribution in [2.75, 3.05) is 5.32 Å². The highest BCUT2D eigenvalue weighted by Crippen LogP contribution is 2.23. The molecule has 1 rings (SSSR count). The summed E-state index contributed by atoms with van der Waals surface area (Å²) in [5.41, 5.74) is 0. The van der Waals surface area contributed by atoms with Gasteiger partial charge in [0.25, 0.3) is 10.0 Å². The molecular weight excluding hydrogens is 306 g/mol. The zero-order valence-corrected chi connectivity index (χ0v) is 12.7. The van der Waals surface area contributed by atoms with E-state index >= 15 is 0 Å². The summed E-state index contributed by atoms with van der Waals surface area (Å²) in [7, 11) is -3.99. The molecule has 1 amide bonds. The number of rotatable bonds is 6. The number of carboxylic acid groups (broad SMARTS) is 1. The number of nitrogens with zero attached hydrogens (tertiary/aromatic N) is 1. The highest BCUT2D eigenvalue weighted by atomic mass is 32.2. The van der Waals surface area contributed by atoms with Crippen LogP contribution < -0.4 is 10.0 Å². The van der Waals surface area contributed by atoms with Gasteiger partial charge in [-0.1, -0.05) is 25.2 Å². The standard InChI is InChI=1S/C10H15N3O5S2/c1-5(2)8(9(15)16)13-20(17,18)7-4-11-10(19-7)12-6(3)14/h4-5,8,13H,1-3H3,(H,15,16)(H,11,12,14)/t8-/m1/s1. The number of thiazole rings is 1. The fraction of sp³-hybridized carbons (Fsp3) is 0.500. The monoisotopic (exact) mass is 321 g/mol. The predicted molar refractivity (Wildman–Crippen MR) is 73.0 cm³/mol. The van der Waals surface area contributed by atoms with Crippen LogP contribution in [-0.4, -0.2) is 36.4 Å². The van der Waals surface area contributed by atoms with Crippen LogP contribution in [0.3, 0.4) is 0 Å². The number of hydrogen-bond acceptors (Lipinski definition) is 6. The van der Waals surface area contributed by atoms with Crippen LogP contribution in [0.2, 0.25) is 0 Å². The van der Waals surface area contributed by atoms with Crippen LogP contribution in [0.15, 0.2) is 10.4 Å². The maximum absolute atomic E-state index is 12.0. The van der Waals surface area contributed by atoms with Gasteiger partial charge in [-0.05, 0) is 5.92 Å². The number of amides is 1. The molecule has 3 N–H and O–H groups in total. The second kappa shape index (κ2) is 6.29. The highest BCUT2D eigenvalue weighted by Gasteiger charge is 2.29. The molecule has 8 nitrogen and oxygen atoms in total. The first-order valence-corrected chi connectivity index (χ1v) is 7.92. The van der Waals surface area contributed by atoms with Crippen LogP contribution in [0.5, 0.6) is 0 Å². The summed E-state index contributed by atoms with van der Waals surface area (Å²) in [6, 6.07) is -1.23. The van der Waals surface area contributed by atoms with Gasteiger partial charge >= 0.3 is 5.97 Å². The smallest absolute Gasteiger partial charge is 0.322 e. The highest BCUT2D eigenvalue weighted by molar-refractivity contribution is 7.91. The van der Waals surface area contributed by atoms with E-state index in [0.717, 1.165) is 17.5 Å². The molecule has 1 atom stereocenters. The fourth-order valence-electron chi connectivity index (χ4n) is 1.29. The Kier molecular flexibility index (Phi) is 5.20. The van der Waals surface area contributed by atoms with Gasteiger partial charge in [-0.25, -0.2) is 13.4 Å². The van der Waals surface area contributed by atoms with Gasteiger partial charge in [0.2, 0.25) is 5.91 Å². The quantitative estimate of drug-likeness (QED) is 0.700. The van der Waals surface area contributed by atoms with Crippen molar-refractivity contribution in [3.63, 3.8) is 0 Å². The summed E-state index contributed by atoms with van der Waals surface area (Å²) in [5, 5.41) is 11.5. The Hall–Kier alpha value is -1.52. The zero-order valence-electron chi connectivity index (χ0n) is 11.1. The third-order valence-corrected chi connectivity index (χ3v) is 5.06. The van der Waals surface area contributed by atoms with Gasteiger partial charge in [0, 0.05) is 6.92 Å². The number of hydrogen-bond donors (Lipinski definition) is 3. The summed E-state index contributed by atoms with van der Waals surface area (Å²) >= 11 is 0.747. The van der Waals surface area contributed by atoms with Gasteiger partial charge < -0.3 is 10.4 Å². The minimum atomic E-state index is -3.99. The first-order chi connectivity index (χ1) is 9.13.